The quantitative estimate of drug-likeness (QED) is 0.837. The summed E-state index contributed by atoms with van der Waals surface area (Å²) in [5.74, 6) is -0.817. The lowest BCUT2D eigenvalue weighted by molar-refractivity contribution is -0.134. The van der Waals surface area contributed by atoms with Crippen molar-refractivity contribution in [3.8, 4) is 0 Å². The predicted molar refractivity (Wildman–Crippen MR) is 82.8 cm³/mol. The Morgan fingerprint density at radius 3 is 2.48 bits per heavy atom. The van der Waals surface area contributed by atoms with E-state index in [2.05, 4.69) is 5.32 Å². The molecule has 2 fully saturated rings. The molecule has 1 atom stereocenters. The summed E-state index contributed by atoms with van der Waals surface area (Å²) in [6, 6.07) is 5.72. The molecule has 1 aromatic rings. The number of nitrogens with zero attached hydrogens (tertiary/aromatic N) is 1. The van der Waals surface area contributed by atoms with E-state index in [4.69, 9.17) is 0 Å². The second-order valence-corrected chi connectivity index (χ2v) is 8.76. The Balaban J connectivity index is 1.57. The first kappa shape index (κ1) is 14.8. The fourth-order valence-corrected chi connectivity index (χ4v) is 5.16. The van der Waals surface area contributed by atoms with Gasteiger partial charge in [0.15, 0.2) is 0 Å². The molecule has 1 saturated heterocycles. The number of hydrogen-bond acceptors (Lipinski definition) is 4. The van der Waals surface area contributed by atoms with Gasteiger partial charge in [-0.3, -0.25) is 14.9 Å². The van der Waals surface area contributed by atoms with Gasteiger partial charge < -0.3 is 0 Å². The lowest BCUT2D eigenvalue weighted by Gasteiger charge is -2.21. The molecule has 4 rings (SSSR count). The molecule has 1 aliphatic carbocycles. The number of nitrogens with one attached hydrogen (secondary N) is 1. The van der Waals surface area contributed by atoms with Crippen LogP contribution in [0.4, 0.5) is 0 Å². The van der Waals surface area contributed by atoms with Gasteiger partial charge in [0, 0.05) is 19.5 Å². The molecule has 0 aromatic heterocycles. The maximum absolute atomic E-state index is 12.4. The van der Waals surface area contributed by atoms with Gasteiger partial charge >= 0.3 is 0 Å². The molecule has 3 aliphatic rings. The van der Waals surface area contributed by atoms with Crippen molar-refractivity contribution in [3.05, 3.63) is 34.9 Å². The van der Waals surface area contributed by atoms with Gasteiger partial charge in [0.1, 0.15) is 0 Å². The van der Waals surface area contributed by atoms with Crippen LogP contribution in [0.15, 0.2) is 18.2 Å². The summed E-state index contributed by atoms with van der Waals surface area (Å²) >= 11 is 0. The van der Waals surface area contributed by atoms with Gasteiger partial charge in [-0.1, -0.05) is 18.2 Å². The smallest absolute Gasteiger partial charge is 0.234 e. The summed E-state index contributed by atoms with van der Waals surface area (Å²) in [5, 5.41) is 2.17. The third-order valence-electron chi connectivity index (χ3n) is 4.87. The zero-order valence-corrected chi connectivity index (χ0v) is 13.4. The number of imide groups is 1. The van der Waals surface area contributed by atoms with Crippen LogP contribution in [0.2, 0.25) is 0 Å². The number of amides is 2. The molecule has 6 nitrogen and oxygen atoms in total. The third-order valence-corrected chi connectivity index (χ3v) is 7.16. The third kappa shape index (κ3) is 2.57. The summed E-state index contributed by atoms with van der Waals surface area (Å²) in [4.78, 5) is 23.2. The van der Waals surface area contributed by atoms with Crippen LogP contribution in [0.1, 0.15) is 48.3 Å². The zero-order chi connectivity index (χ0) is 16.2. The molecule has 1 aromatic carbocycles. The lowest BCUT2D eigenvalue weighted by Crippen LogP contribution is -2.39. The normalized spacial score (nSPS) is 25.3. The maximum atomic E-state index is 12.4. The van der Waals surface area contributed by atoms with E-state index in [-0.39, 0.29) is 23.0 Å². The predicted octanol–water partition coefficient (Wildman–Crippen LogP) is 1.01. The highest BCUT2D eigenvalue weighted by Crippen LogP contribution is 2.36. The first-order valence-corrected chi connectivity index (χ1v) is 9.40. The van der Waals surface area contributed by atoms with E-state index in [0.29, 0.717) is 25.9 Å². The highest BCUT2D eigenvalue weighted by atomic mass is 32.2. The van der Waals surface area contributed by atoms with E-state index < -0.39 is 10.0 Å². The molecule has 23 heavy (non-hydrogen) atoms. The molecular weight excluding hydrogens is 316 g/mol. The Hall–Kier alpha value is -1.73. The summed E-state index contributed by atoms with van der Waals surface area (Å²) in [6.45, 7) is 0.805. The minimum absolute atomic E-state index is 0.202. The van der Waals surface area contributed by atoms with Crippen molar-refractivity contribution in [3.63, 3.8) is 0 Å². The highest BCUT2D eigenvalue weighted by molar-refractivity contribution is 7.90. The number of carbonyl (C=O) groups excluding carboxylic acids is 2. The number of fused-ring (bicyclic) bond motifs is 1. The van der Waals surface area contributed by atoms with E-state index in [1.54, 1.807) is 4.31 Å². The fraction of sp³-hybridized carbons (Fsp3) is 0.500. The minimum atomic E-state index is -3.18. The summed E-state index contributed by atoms with van der Waals surface area (Å²) in [5.41, 5.74) is 2.83. The van der Waals surface area contributed by atoms with E-state index >= 15 is 0 Å². The molecule has 1 N–H and O–H groups in total. The molecule has 122 valence electrons. The number of hydrogen-bond donors (Lipinski definition) is 1. The molecular formula is C16H18N2O4S. The SMILES string of the molecule is O=C1CCC(c2ccc3c(c2)CN(S(=O)(=O)C2CC2)C3)C(=O)N1. The summed E-state index contributed by atoms with van der Waals surface area (Å²) in [6.07, 6.45) is 2.37. The fourth-order valence-electron chi connectivity index (χ4n) is 3.37. The van der Waals surface area contributed by atoms with Gasteiger partial charge in [-0.15, -0.1) is 0 Å². The van der Waals surface area contributed by atoms with E-state index in [9.17, 15) is 18.0 Å². The second-order valence-electron chi connectivity index (χ2n) is 6.54. The number of benzene rings is 1. The maximum Gasteiger partial charge on any atom is 0.234 e. The molecule has 0 radical (unpaired) electrons. The van der Waals surface area contributed by atoms with E-state index in [1.807, 2.05) is 18.2 Å². The van der Waals surface area contributed by atoms with Gasteiger partial charge in [0.05, 0.1) is 11.2 Å². The lowest BCUT2D eigenvalue weighted by atomic mass is 9.89. The highest BCUT2D eigenvalue weighted by Gasteiger charge is 2.42. The molecule has 2 aliphatic heterocycles. The van der Waals surface area contributed by atoms with Crippen LogP contribution >= 0.6 is 0 Å². The van der Waals surface area contributed by atoms with Crippen LogP contribution < -0.4 is 5.32 Å². The van der Waals surface area contributed by atoms with Crippen molar-refractivity contribution in [2.24, 2.45) is 0 Å². The van der Waals surface area contributed by atoms with Crippen LogP contribution in [0.5, 0.6) is 0 Å². The van der Waals surface area contributed by atoms with Crippen molar-refractivity contribution in [1.82, 2.24) is 9.62 Å². The Labute approximate surface area is 134 Å². The van der Waals surface area contributed by atoms with Gasteiger partial charge in [0.2, 0.25) is 21.8 Å². The van der Waals surface area contributed by atoms with Crippen LogP contribution in [-0.2, 0) is 32.7 Å². The van der Waals surface area contributed by atoms with Gasteiger partial charge in [-0.05, 0) is 36.0 Å². The molecule has 1 saturated carbocycles. The largest absolute Gasteiger partial charge is 0.296 e. The molecule has 7 heteroatoms. The second kappa shape index (κ2) is 5.14. The number of sulfonamides is 1. The van der Waals surface area contributed by atoms with Crippen LogP contribution in [0.25, 0.3) is 0 Å². The first-order valence-electron chi connectivity index (χ1n) is 7.89. The van der Waals surface area contributed by atoms with Crippen molar-refractivity contribution >= 4 is 21.8 Å². The Morgan fingerprint density at radius 1 is 1.04 bits per heavy atom. The molecule has 1 unspecified atom stereocenters. The average molecular weight is 334 g/mol. The number of piperidine rings is 1. The van der Waals surface area contributed by atoms with Crippen molar-refractivity contribution < 1.29 is 18.0 Å². The monoisotopic (exact) mass is 334 g/mol. The molecule has 0 spiro atoms. The standard InChI is InChI=1S/C16H18N2O4S/c19-15-6-5-14(16(20)17-15)10-1-2-11-8-18(9-12(11)7-10)23(21,22)13-3-4-13/h1-2,7,13-14H,3-6,8-9H2,(H,17,19,20). The number of carbonyl (C=O) groups is 2. The topological polar surface area (TPSA) is 83.6 Å². The van der Waals surface area contributed by atoms with Crippen LogP contribution in [0.3, 0.4) is 0 Å². The molecule has 2 heterocycles. The van der Waals surface area contributed by atoms with Gasteiger partial charge in [-0.2, -0.15) is 4.31 Å². The average Bonchev–Trinajstić information content (AvgIpc) is 3.27. The number of rotatable bonds is 3. The van der Waals surface area contributed by atoms with Crippen LogP contribution in [-0.4, -0.2) is 29.8 Å². The van der Waals surface area contributed by atoms with E-state index in [0.717, 1.165) is 29.5 Å². The zero-order valence-electron chi connectivity index (χ0n) is 12.6. The Kier molecular flexibility index (Phi) is 3.32. The Bertz CT molecular complexity index is 798. The minimum Gasteiger partial charge on any atom is -0.296 e. The first-order chi connectivity index (χ1) is 10.9. The van der Waals surface area contributed by atoms with Gasteiger partial charge in [0.25, 0.3) is 0 Å². The van der Waals surface area contributed by atoms with Crippen LogP contribution in [0, 0.1) is 0 Å². The van der Waals surface area contributed by atoms with E-state index in [1.165, 1.54) is 0 Å². The van der Waals surface area contributed by atoms with Crippen molar-refractivity contribution in [2.45, 2.75) is 49.9 Å². The van der Waals surface area contributed by atoms with Crippen molar-refractivity contribution in [2.75, 3.05) is 0 Å². The van der Waals surface area contributed by atoms with Gasteiger partial charge in [-0.25, -0.2) is 8.42 Å². The van der Waals surface area contributed by atoms with Crippen molar-refractivity contribution in [1.29, 1.82) is 0 Å². The Morgan fingerprint density at radius 2 is 1.78 bits per heavy atom. The summed E-state index contributed by atoms with van der Waals surface area (Å²) < 4.78 is 26.3. The molecule has 2 amide bonds. The summed E-state index contributed by atoms with van der Waals surface area (Å²) in [7, 11) is -3.18. The molecule has 0 bridgehead atoms.